The molecule has 0 aliphatic carbocycles. The Bertz CT molecular complexity index is 1000. The van der Waals surface area contributed by atoms with Crippen LogP contribution < -0.4 is 10.2 Å². The van der Waals surface area contributed by atoms with Gasteiger partial charge in [-0.15, -0.1) is 0 Å². The van der Waals surface area contributed by atoms with Gasteiger partial charge >= 0.3 is 0 Å². The summed E-state index contributed by atoms with van der Waals surface area (Å²) < 4.78 is 5.43. The third-order valence-electron chi connectivity index (χ3n) is 6.05. The summed E-state index contributed by atoms with van der Waals surface area (Å²) in [6.07, 6.45) is 2.12. The lowest BCUT2D eigenvalue weighted by molar-refractivity contribution is 0.0378. The average Bonchev–Trinajstić information content (AvgIpc) is 2.82. The van der Waals surface area contributed by atoms with E-state index in [2.05, 4.69) is 57.6 Å². The highest BCUT2D eigenvalue weighted by Crippen LogP contribution is 2.29. The van der Waals surface area contributed by atoms with E-state index < -0.39 is 0 Å². The Balaban J connectivity index is 1.32. The van der Waals surface area contributed by atoms with Crippen molar-refractivity contribution in [1.29, 1.82) is 0 Å². The van der Waals surface area contributed by atoms with Crippen LogP contribution in [0.1, 0.15) is 17.5 Å². The highest BCUT2D eigenvalue weighted by atomic mass is 16.5. The Morgan fingerprint density at radius 2 is 1.70 bits per heavy atom. The summed E-state index contributed by atoms with van der Waals surface area (Å²) in [5.41, 5.74) is 3.84. The van der Waals surface area contributed by atoms with Crippen molar-refractivity contribution in [2.24, 2.45) is 0 Å². The highest BCUT2D eigenvalue weighted by Gasteiger charge is 2.20. The maximum atomic E-state index is 5.43. The zero-order chi connectivity index (χ0) is 20.2. The summed E-state index contributed by atoms with van der Waals surface area (Å²) in [7, 11) is 0. The summed E-state index contributed by atoms with van der Waals surface area (Å²) in [6, 6.07) is 17.1. The second-order valence-electron chi connectivity index (χ2n) is 8.06. The normalized spacial score (nSPS) is 17.1. The van der Waals surface area contributed by atoms with Crippen molar-refractivity contribution in [3.8, 4) is 0 Å². The molecule has 2 aliphatic heterocycles. The minimum absolute atomic E-state index is 0.726. The lowest BCUT2D eigenvalue weighted by Gasteiger charge is -2.30. The first-order valence-electron chi connectivity index (χ1n) is 11.0. The van der Waals surface area contributed by atoms with Crippen LogP contribution in [0.4, 0.5) is 11.8 Å². The fraction of sp³-hybridized carbons (Fsp3) is 0.417. The number of rotatable bonds is 6. The molecular weight excluding hydrogens is 374 g/mol. The van der Waals surface area contributed by atoms with Crippen LogP contribution in [0.15, 0.2) is 48.5 Å². The number of benzene rings is 2. The van der Waals surface area contributed by atoms with Crippen LogP contribution in [-0.2, 0) is 17.7 Å². The van der Waals surface area contributed by atoms with E-state index in [1.54, 1.807) is 0 Å². The van der Waals surface area contributed by atoms with Crippen molar-refractivity contribution in [2.45, 2.75) is 19.4 Å². The molecule has 5 rings (SSSR count). The van der Waals surface area contributed by atoms with E-state index in [9.17, 15) is 0 Å². The minimum atomic E-state index is 0.726. The molecule has 0 radical (unpaired) electrons. The number of morpholine rings is 1. The SMILES string of the molecule is c1ccc2c(c1)CCN(c1nc(NCCCN3CCOCC3)nc3ccccc13)C2. The molecule has 0 bridgehead atoms. The molecule has 0 atom stereocenters. The summed E-state index contributed by atoms with van der Waals surface area (Å²) in [5.74, 6) is 1.76. The third kappa shape index (κ3) is 4.25. The Morgan fingerprint density at radius 3 is 2.60 bits per heavy atom. The van der Waals surface area contributed by atoms with Gasteiger partial charge in [-0.3, -0.25) is 4.90 Å². The molecule has 1 N–H and O–H groups in total. The van der Waals surface area contributed by atoms with Crippen molar-refractivity contribution < 1.29 is 4.74 Å². The molecule has 6 nitrogen and oxygen atoms in total. The monoisotopic (exact) mass is 403 g/mol. The number of hydrogen-bond donors (Lipinski definition) is 1. The first-order chi connectivity index (χ1) is 14.9. The maximum Gasteiger partial charge on any atom is 0.225 e. The van der Waals surface area contributed by atoms with E-state index in [4.69, 9.17) is 14.7 Å². The van der Waals surface area contributed by atoms with Gasteiger partial charge in [-0.25, -0.2) is 4.98 Å². The summed E-state index contributed by atoms with van der Waals surface area (Å²) in [6.45, 7) is 7.60. The molecular formula is C24H29N5O. The van der Waals surface area contributed by atoms with E-state index in [1.807, 2.05) is 6.07 Å². The minimum Gasteiger partial charge on any atom is -0.379 e. The molecule has 0 saturated carbocycles. The second kappa shape index (κ2) is 8.98. The fourth-order valence-electron chi connectivity index (χ4n) is 4.38. The summed E-state index contributed by atoms with van der Waals surface area (Å²) in [4.78, 5) is 14.6. The number of ether oxygens (including phenoxy) is 1. The van der Waals surface area contributed by atoms with Crippen LogP contribution in [0.3, 0.4) is 0 Å². The van der Waals surface area contributed by atoms with Gasteiger partial charge in [0.2, 0.25) is 5.95 Å². The predicted molar refractivity (Wildman–Crippen MR) is 121 cm³/mol. The smallest absolute Gasteiger partial charge is 0.225 e. The van der Waals surface area contributed by atoms with Gasteiger partial charge in [0.25, 0.3) is 0 Å². The van der Waals surface area contributed by atoms with Crippen molar-refractivity contribution in [3.63, 3.8) is 0 Å². The van der Waals surface area contributed by atoms with Crippen LogP contribution >= 0.6 is 0 Å². The van der Waals surface area contributed by atoms with Gasteiger partial charge in [0.1, 0.15) is 5.82 Å². The number of nitrogens with one attached hydrogen (secondary N) is 1. The zero-order valence-corrected chi connectivity index (χ0v) is 17.4. The number of anilines is 2. The molecule has 2 aliphatic rings. The lowest BCUT2D eigenvalue weighted by atomic mass is 10.00. The Labute approximate surface area is 177 Å². The molecule has 1 fully saturated rings. The third-order valence-corrected chi connectivity index (χ3v) is 6.05. The first-order valence-corrected chi connectivity index (χ1v) is 11.0. The van der Waals surface area contributed by atoms with Gasteiger partial charge in [0, 0.05) is 38.1 Å². The Morgan fingerprint density at radius 1 is 0.900 bits per heavy atom. The molecule has 6 heteroatoms. The van der Waals surface area contributed by atoms with Gasteiger partial charge < -0.3 is 15.0 Å². The molecule has 0 spiro atoms. The number of fused-ring (bicyclic) bond motifs is 2. The molecule has 2 aromatic carbocycles. The molecule has 30 heavy (non-hydrogen) atoms. The van der Waals surface area contributed by atoms with Crippen LogP contribution in [-0.4, -0.2) is 60.8 Å². The Hall–Kier alpha value is -2.70. The molecule has 0 amide bonds. The quantitative estimate of drug-likeness (QED) is 0.637. The largest absolute Gasteiger partial charge is 0.379 e. The topological polar surface area (TPSA) is 53.5 Å². The summed E-state index contributed by atoms with van der Waals surface area (Å²) in [5, 5.41) is 4.59. The zero-order valence-electron chi connectivity index (χ0n) is 17.4. The van der Waals surface area contributed by atoms with Crippen LogP contribution in [0.5, 0.6) is 0 Å². The van der Waals surface area contributed by atoms with E-state index in [1.165, 1.54) is 11.1 Å². The summed E-state index contributed by atoms with van der Waals surface area (Å²) >= 11 is 0. The van der Waals surface area contributed by atoms with Crippen molar-refractivity contribution >= 4 is 22.7 Å². The number of hydrogen-bond acceptors (Lipinski definition) is 6. The van der Waals surface area contributed by atoms with E-state index >= 15 is 0 Å². The van der Waals surface area contributed by atoms with Crippen LogP contribution in [0, 0.1) is 0 Å². The number of para-hydroxylation sites is 1. The lowest BCUT2D eigenvalue weighted by Crippen LogP contribution is -2.37. The average molecular weight is 404 g/mol. The van der Waals surface area contributed by atoms with Gasteiger partial charge in [0.05, 0.1) is 18.7 Å². The maximum absolute atomic E-state index is 5.43. The first kappa shape index (κ1) is 19.3. The van der Waals surface area contributed by atoms with Gasteiger partial charge in [-0.2, -0.15) is 4.98 Å². The van der Waals surface area contributed by atoms with E-state index in [0.29, 0.717) is 0 Å². The second-order valence-corrected chi connectivity index (χ2v) is 8.06. The van der Waals surface area contributed by atoms with Gasteiger partial charge in [0.15, 0.2) is 0 Å². The Kier molecular flexibility index (Phi) is 5.77. The molecule has 3 heterocycles. The van der Waals surface area contributed by atoms with Gasteiger partial charge in [-0.05, 0) is 42.6 Å². The van der Waals surface area contributed by atoms with Crippen molar-refractivity contribution in [2.75, 3.05) is 56.2 Å². The highest BCUT2D eigenvalue weighted by molar-refractivity contribution is 5.90. The molecule has 3 aromatic rings. The molecule has 0 unspecified atom stereocenters. The van der Waals surface area contributed by atoms with E-state index in [-0.39, 0.29) is 0 Å². The molecule has 1 saturated heterocycles. The fourth-order valence-corrected chi connectivity index (χ4v) is 4.38. The molecule has 156 valence electrons. The van der Waals surface area contributed by atoms with Crippen molar-refractivity contribution in [3.05, 3.63) is 59.7 Å². The number of nitrogens with zero attached hydrogens (tertiary/aromatic N) is 4. The van der Waals surface area contributed by atoms with E-state index in [0.717, 1.165) is 88.0 Å². The number of aromatic nitrogens is 2. The van der Waals surface area contributed by atoms with Crippen molar-refractivity contribution in [1.82, 2.24) is 14.9 Å². The predicted octanol–water partition coefficient (Wildman–Crippen LogP) is 3.33. The van der Waals surface area contributed by atoms with Crippen LogP contribution in [0.2, 0.25) is 0 Å². The standard InChI is InChI=1S/C24H29N5O/c1-2-7-20-18-29(13-10-19(20)6-1)23-21-8-3-4-9-22(21)26-24(27-23)25-11-5-12-28-14-16-30-17-15-28/h1-4,6-9H,5,10-18H2,(H,25,26,27). The van der Waals surface area contributed by atoms with Crippen LogP contribution in [0.25, 0.3) is 10.9 Å². The molecule has 1 aromatic heterocycles. The van der Waals surface area contributed by atoms with Gasteiger partial charge in [-0.1, -0.05) is 36.4 Å².